The van der Waals surface area contributed by atoms with Gasteiger partial charge in [0.15, 0.2) is 0 Å². The van der Waals surface area contributed by atoms with E-state index < -0.39 is 0 Å². The van der Waals surface area contributed by atoms with E-state index in [0.717, 1.165) is 0 Å². The van der Waals surface area contributed by atoms with Gasteiger partial charge in [0.25, 0.3) is 0 Å². The van der Waals surface area contributed by atoms with Crippen LogP contribution in [-0.2, 0) is 0 Å². The molecule has 0 radical (unpaired) electrons. The van der Waals surface area contributed by atoms with Gasteiger partial charge in [0.2, 0.25) is 0 Å². The highest BCUT2D eigenvalue weighted by Gasteiger charge is 1.93. The minimum Gasteiger partial charge on any atom is -0.0917 e. The highest BCUT2D eigenvalue weighted by molar-refractivity contribution is 5.01. The summed E-state index contributed by atoms with van der Waals surface area (Å²) in [5.74, 6) is 0.698. The van der Waals surface area contributed by atoms with Gasteiger partial charge >= 0.3 is 0 Å². The average Bonchev–Trinajstić information content (AvgIpc) is 2.21. The molecule has 0 aromatic carbocycles. The smallest absolute Gasteiger partial charge is 0.0263 e. The van der Waals surface area contributed by atoms with Gasteiger partial charge in [0.1, 0.15) is 0 Å². The van der Waals surface area contributed by atoms with Crippen molar-refractivity contribution in [1.82, 2.24) is 0 Å². The monoisotopic (exact) mass is 206 g/mol. The Morgan fingerprint density at radius 1 is 0.933 bits per heavy atom. The topological polar surface area (TPSA) is 0 Å². The first-order valence-electron chi connectivity index (χ1n) is 6.11. The van der Waals surface area contributed by atoms with E-state index in [1.165, 1.54) is 31.3 Å². The quantitative estimate of drug-likeness (QED) is 0.392. The van der Waals surface area contributed by atoms with E-state index in [4.69, 9.17) is 0 Å². The van der Waals surface area contributed by atoms with Gasteiger partial charge in [-0.25, -0.2) is 0 Å². The molecular formula is C15H26. The fourth-order valence-electron chi connectivity index (χ4n) is 1.24. The van der Waals surface area contributed by atoms with Crippen LogP contribution in [0.5, 0.6) is 0 Å². The van der Waals surface area contributed by atoms with Crippen LogP contribution < -0.4 is 0 Å². The van der Waals surface area contributed by atoms with Crippen molar-refractivity contribution >= 4 is 0 Å². The molecule has 0 aromatic rings. The lowest BCUT2D eigenvalue weighted by molar-refractivity contribution is 0.760. The summed E-state index contributed by atoms with van der Waals surface area (Å²) in [5.41, 5.74) is 1.51. The molecule has 0 fully saturated rings. The van der Waals surface area contributed by atoms with Crippen LogP contribution in [0, 0.1) is 5.92 Å². The largest absolute Gasteiger partial charge is 0.0917 e. The second-order valence-corrected chi connectivity index (χ2v) is 4.30. The number of unbranched alkanes of at least 4 members (excludes halogenated alkanes) is 2. The van der Waals surface area contributed by atoms with Crippen molar-refractivity contribution in [2.24, 2.45) is 5.92 Å². The molecule has 0 bridgehead atoms. The van der Waals surface area contributed by atoms with Crippen LogP contribution in [0.4, 0.5) is 0 Å². The van der Waals surface area contributed by atoms with Gasteiger partial charge in [-0.15, -0.1) is 0 Å². The lowest BCUT2D eigenvalue weighted by atomic mass is 10.0. The molecule has 0 N–H and O–H groups in total. The Bertz CT molecular complexity index is 216. The van der Waals surface area contributed by atoms with E-state index in [9.17, 15) is 0 Å². The Hall–Kier alpha value is -0.780. The second-order valence-electron chi connectivity index (χ2n) is 4.30. The summed E-state index contributed by atoms with van der Waals surface area (Å²) >= 11 is 0. The number of rotatable bonds is 7. The van der Waals surface area contributed by atoms with Crippen molar-refractivity contribution in [3.63, 3.8) is 0 Å². The van der Waals surface area contributed by atoms with E-state index in [2.05, 4.69) is 58.1 Å². The summed E-state index contributed by atoms with van der Waals surface area (Å²) in [6.07, 6.45) is 16.0. The second kappa shape index (κ2) is 9.76. The molecular weight excluding hydrogens is 180 g/mol. The fraction of sp³-hybridized carbons (Fsp3) is 0.600. The zero-order valence-electron chi connectivity index (χ0n) is 10.8. The third-order valence-electron chi connectivity index (χ3n) is 2.61. The van der Waals surface area contributed by atoms with Crippen LogP contribution in [0.1, 0.15) is 53.4 Å². The van der Waals surface area contributed by atoms with Gasteiger partial charge in [0, 0.05) is 0 Å². The Labute approximate surface area is 95.8 Å². The molecule has 0 saturated heterocycles. The Kier molecular flexibility index (Phi) is 9.26. The van der Waals surface area contributed by atoms with Crippen LogP contribution in [0.3, 0.4) is 0 Å². The van der Waals surface area contributed by atoms with Gasteiger partial charge in [-0.05, 0) is 45.4 Å². The van der Waals surface area contributed by atoms with Gasteiger partial charge in [-0.3, -0.25) is 0 Å². The molecule has 0 aliphatic rings. The van der Waals surface area contributed by atoms with Crippen LogP contribution in [0.25, 0.3) is 0 Å². The molecule has 0 rings (SSSR count). The number of hydrogen-bond donors (Lipinski definition) is 0. The van der Waals surface area contributed by atoms with E-state index in [0.29, 0.717) is 5.92 Å². The van der Waals surface area contributed by atoms with E-state index in [1.54, 1.807) is 0 Å². The highest BCUT2D eigenvalue weighted by atomic mass is 14.0. The van der Waals surface area contributed by atoms with Crippen molar-refractivity contribution in [1.29, 1.82) is 0 Å². The first-order valence-corrected chi connectivity index (χ1v) is 6.11. The maximum Gasteiger partial charge on any atom is -0.0263 e. The van der Waals surface area contributed by atoms with E-state index in [1.807, 2.05) is 0 Å². The number of allylic oxidation sites excluding steroid dienone is 6. The molecule has 0 aliphatic carbocycles. The van der Waals surface area contributed by atoms with E-state index in [-0.39, 0.29) is 0 Å². The van der Waals surface area contributed by atoms with Crippen LogP contribution in [0.15, 0.2) is 36.0 Å². The molecule has 0 aliphatic heterocycles. The summed E-state index contributed by atoms with van der Waals surface area (Å²) in [4.78, 5) is 0. The lowest BCUT2D eigenvalue weighted by Crippen LogP contribution is -1.87. The summed E-state index contributed by atoms with van der Waals surface area (Å²) < 4.78 is 0. The maximum absolute atomic E-state index is 2.36. The van der Waals surface area contributed by atoms with Crippen molar-refractivity contribution in [2.75, 3.05) is 0 Å². The summed E-state index contributed by atoms with van der Waals surface area (Å²) in [6.45, 7) is 8.79. The third kappa shape index (κ3) is 9.52. The van der Waals surface area contributed by atoms with E-state index >= 15 is 0 Å². The van der Waals surface area contributed by atoms with Gasteiger partial charge in [-0.1, -0.05) is 49.8 Å². The predicted octanol–water partition coefficient (Wildman–Crippen LogP) is 5.28. The molecule has 0 aromatic heterocycles. The van der Waals surface area contributed by atoms with Crippen molar-refractivity contribution < 1.29 is 0 Å². The molecule has 0 heteroatoms. The first-order chi connectivity index (χ1) is 7.18. The Morgan fingerprint density at radius 2 is 1.47 bits per heavy atom. The predicted molar refractivity (Wildman–Crippen MR) is 71.0 cm³/mol. The minimum atomic E-state index is 0.698. The minimum absolute atomic E-state index is 0.698. The van der Waals surface area contributed by atoms with Crippen LogP contribution in [0.2, 0.25) is 0 Å². The average molecular weight is 206 g/mol. The number of hydrogen-bond acceptors (Lipinski definition) is 0. The zero-order valence-corrected chi connectivity index (χ0v) is 10.8. The molecule has 0 amide bonds. The summed E-state index contributed by atoms with van der Waals surface area (Å²) in [5, 5.41) is 0. The van der Waals surface area contributed by atoms with Gasteiger partial charge in [0.05, 0.1) is 0 Å². The van der Waals surface area contributed by atoms with Crippen LogP contribution >= 0.6 is 0 Å². The SMILES string of the molecule is C/C=C/CC/C=C/CC/C=C(\C)C(C)C. The highest BCUT2D eigenvalue weighted by Crippen LogP contribution is 2.09. The summed E-state index contributed by atoms with van der Waals surface area (Å²) in [7, 11) is 0. The lowest BCUT2D eigenvalue weighted by Gasteiger charge is -2.03. The van der Waals surface area contributed by atoms with Crippen molar-refractivity contribution in [3.05, 3.63) is 36.0 Å². The van der Waals surface area contributed by atoms with Crippen molar-refractivity contribution in [2.45, 2.75) is 53.4 Å². The molecule has 0 atom stereocenters. The van der Waals surface area contributed by atoms with Crippen LogP contribution in [-0.4, -0.2) is 0 Å². The maximum atomic E-state index is 2.36. The molecule has 0 nitrogen and oxygen atoms in total. The molecule has 0 spiro atoms. The molecule has 0 unspecified atom stereocenters. The summed E-state index contributed by atoms with van der Waals surface area (Å²) in [6, 6.07) is 0. The molecule has 15 heavy (non-hydrogen) atoms. The fourth-order valence-corrected chi connectivity index (χ4v) is 1.24. The van der Waals surface area contributed by atoms with Crippen molar-refractivity contribution in [3.8, 4) is 0 Å². The standard InChI is InChI=1S/C15H26/c1-5-6-7-8-9-10-11-12-13-15(4)14(2)3/h5-6,9-10,13-14H,7-8,11-12H2,1-4H3/b6-5+,10-9+,15-13+. The van der Waals surface area contributed by atoms with Gasteiger partial charge in [-0.2, -0.15) is 0 Å². The third-order valence-corrected chi connectivity index (χ3v) is 2.61. The first kappa shape index (κ1) is 14.2. The molecule has 86 valence electrons. The molecule has 0 heterocycles. The Balaban J connectivity index is 3.49. The normalized spacial score (nSPS) is 13.5. The molecule has 0 saturated carbocycles. The Morgan fingerprint density at radius 3 is 2.00 bits per heavy atom. The van der Waals surface area contributed by atoms with Gasteiger partial charge < -0.3 is 0 Å². The zero-order chi connectivity index (χ0) is 11.5.